The zero-order valence-electron chi connectivity index (χ0n) is 14.5. The van der Waals surface area contributed by atoms with Gasteiger partial charge in [-0.25, -0.2) is 0 Å². The standard InChI is InChI=1S/C19H18N4O3/c1-12-5-6-14-13(10-12)11-15(20-14)18-21-17(22-26-18)7-8-23(2)19(24)16-4-3-9-25-16/h3-6,9-11,20H,7-8H2,1-2H3. The van der Waals surface area contributed by atoms with E-state index in [9.17, 15) is 4.79 Å². The molecule has 1 aromatic carbocycles. The number of aryl methyl sites for hydroxylation is 1. The van der Waals surface area contributed by atoms with Gasteiger partial charge in [0.15, 0.2) is 11.6 Å². The summed E-state index contributed by atoms with van der Waals surface area (Å²) in [5, 5.41) is 5.11. The predicted octanol–water partition coefficient (Wildman–Crippen LogP) is 3.43. The molecule has 0 aliphatic heterocycles. The lowest BCUT2D eigenvalue weighted by Gasteiger charge is -2.14. The van der Waals surface area contributed by atoms with Crippen molar-refractivity contribution in [2.24, 2.45) is 0 Å². The van der Waals surface area contributed by atoms with Crippen molar-refractivity contribution in [1.82, 2.24) is 20.0 Å². The lowest BCUT2D eigenvalue weighted by atomic mass is 10.2. The number of H-pyrrole nitrogens is 1. The van der Waals surface area contributed by atoms with E-state index in [1.54, 1.807) is 24.1 Å². The van der Waals surface area contributed by atoms with Crippen molar-refractivity contribution in [3.63, 3.8) is 0 Å². The summed E-state index contributed by atoms with van der Waals surface area (Å²) >= 11 is 0. The summed E-state index contributed by atoms with van der Waals surface area (Å²) in [4.78, 5) is 21.4. The second-order valence-electron chi connectivity index (χ2n) is 6.24. The van der Waals surface area contributed by atoms with Crippen LogP contribution < -0.4 is 0 Å². The lowest BCUT2D eigenvalue weighted by molar-refractivity contribution is 0.0764. The van der Waals surface area contributed by atoms with Crippen LogP contribution in [0.5, 0.6) is 0 Å². The molecule has 0 bridgehead atoms. The van der Waals surface area contributed by atoms with Crippen molar-refractivity contribution < 1.29 is 13.7 Å². The van der Waals surface area contributed by atoms with E-state index >= 15 is 0 Å². The molecule has 1 amide bonds. The number of rotatable bonds is 5. The van der Waals surface area contributed by atoms with E-state index in [1.165, 1.54) is 11.8 Å². The Bertz CT molecular complexity index is 1050. The Morgan fingerprint density at radius 3 is 2.96 bits per heavy atom. The van der Waals surface area contributed by atoms with Crippen molar-refractivity contribution in [3.05, 3.63) is 59.8 Å². The second kappa shape index (κ2) is 6.51. The number of amides is 1. The number of fused-ring (bicyclic) bond motifs is 1. The molecule has 0 saturated carbocycles. The fraction of sp³-hybridized carbons (Fsp3) is 0.211. The molecule has 7 heteroatoms. The van der Waals surface area contributed by atoms with E-state index in [1.807, 2.05) is 18.2 Å². The molecule has 0 fully saturated rings. The smallest absolute Gasteiger partial charge is 0.289 e. The SMILES string of the molecule is Cc1ccc2[nH]c(-c3nc(CCN(C)C(=O)c4ccco4)no3)cc2c1. The summed E-state index contributed by atoms with van der Waals surface area (Å²) in [6.45, 7) is 2.52. The van der Waals surface area contributed by atoms with Crippen molar-refractivity contribution in [2.45, 2.75) is 13.3 Å². The summed E-state index contributed by atoms with van der Waals surface area (Å²) < 4.78 is 10.5. The number of aromatic amines is 1. The third-order valence-electron chi connectivity index (χ3n) is 4.22. The molecule has 0 saturated heterocycles. The molecule has 0 aliphatic rings. The number of likely N-dealkylation sites (N-methyl/N-ethyl adjacent to an activating group) is 1. The third kappa shape index (κ3) is 3.11. The van der Waals surface area contributed by atoms with Gasteiger partial charge >= 0.3 is 0 Å². The molecule has 0 aliphatic carbocycles. The van der Waals surface area contributed by atoms with Gasteiger partial charge in [0, 0.05) is 30.9 Å². The van der Waals surface area contributed by atoms with Crippen LogP contribution >= 0.6 is 0 Å². The van der Waals surface area contributed by atoms with E-state index in [0.29, 0.717) is 30.4 Å². The summed E-state index contributed by atoms with van der Waals surface area (Å²) in [5.74, 6) is 1.13. The molecule has 0 spiro atoms. The maximum Gasteiger partial charge on any atom is 0.289 e. The van der Waals surface area contributed by atoms with Crippen LogP contribution in [0.1, 0.15) is 21.9 Å². The van der Waals surface area contributed by atoms with Gasteiger partial charge in [0.25, 0.3) is 11.8 Å². The van der Waals surface area contributed by atoms with E-state index < -0.39 is 0 Å². The maximum absolute atomic E-state index is 12.1. The Hall–Kier alpha value is -3.35. The number of aromatic nitrogens is 3. The van der Waals surface area contributed by atoms with Crippen LogP contribution in [0.3, 0.4) is 0 Å². The van der Waals surface area contributed by atoms with Crippen molar-refractivity contribution in [2.75, 3.05) is 13.6 Å². The molecule has 4 rings (SSSR count). The Balaban J connectivity index is 1.45. The number of nitrogens with zero attached hydrogens (tertiary/aromatic N) is 3. The average molecular weight is 350 g/mol. The van der Waals surface area contributed by atoms with Crippen LogP contribution in [0.4, 0.5) is 0 Å². The first kappa shape index (κ1) is 16.1. The minimum absolute atomic E-state index is 0.176. The van der Waals surface area contributed by atoms with Crippen molar-refractivity contribution in [3.8, 4) is 11.6 Å². The summed E-state index contributed by atoms with van der Waals surface area (Å²) in [6, 6.07) is 11.5. The summed E-state index contributed by atoms with van der Waals surface area (Å²) in [5.41, 5.74) is 3.00. The first-order valence-electron chi connectivity index (χ1n) is 8.31. The van der Waals surface area contributed by atoms with E-state index in [-0.39, 0.29) is 5.91 Å². The quantitative estimate of drug-likeness (QED) is 0.596. The maximum atomic E-state index is 12.1. The van der Waals surface area contributed by atoms with Gasteiger partial charge in [-0.3, -0.25) is 4.79 Å². The molecule has 0 unspecified atom stereocenters. The summed E-state index contributed by atoms with van der Waals surface area (Å²) in [7, 11) is 1.71. The number of hydrogen-bond donors (Lipinski definition) is 1. The Morgan fingerprint density at radius 2 is 2.15 bits per heavy atom. The fourth-order valence-corrected chi connectivity index (χ4v) is 2.79. The highest BCUT2D eigenvalue weighted by Crippen LogP contribution is 2.23. The third-order valence-corrected chi connectivity index (χ3v) is 4.22. The Kier molecular flexibility index (Phi) is 4.04. The van der Waals surface area contributed by atoms with Gasteiger partial charge in [0.2, 0.25) is 0 Å². The Labute approximate surface area is 149 Å². The van der Waals surface area contributed by atoms with Gasteiger partial charge in [-0.15, -0.1) is 0 Å². The molecule has 7 nitrogen and oxygen atoms in total. The largest absolute Gasteiger partial charge is 0.459 e. The molecule has 3 aromatic heterocycles. The van der Waals surface area contributed by atoms with Crippen molar-refractivity contribution in [1.29, 1.82) is 0 Å². The average Bonchev–Trinajstić information content (AvgIpc) is 3.37. The molecule has 0 radical (unpaired) electrons. The summed E-state index contributed by atoms with van der Waals surface area (Å²) in [6.07, 6.45) is 1.97. The van der Waals surface area contributed by atoms with Gasteiger partial charge in [-0.05, 0) is 37.3 Å². The molecular weight excluding hydrogens is 332 g/mol. The minimum atomic E-state index is -0.176. The van der Waals surface area contributed by atoms with Crippen LogP contribution in [0, 0.1) is 6.92 Å². The van der Waals surface area contributed by atoms with Gasteiger partial charge in [0.1, 0.15) is 5.69 Å². The molecular formula is C19H18N4O3. The zero-order chi connectivity index (χ0) is 18.1. The second-order valence-corrected chi connectivity index (χ2v) is 6.24. The predicted molar refractivity (Wildman–Crippen MR) is 95.7 cm³/mol. The van der Waals surface area contributed by atoms with Crippen molar-refractivity contribution >= 4 is 16.8 Å². The number of hydrogen-bond acceptors (Lipinski definition) is 5. The highest BCUT2D eigenvalue weighted by Gasteiger charge is 2.16. The van der Waals surface area contributed by atoms with Crippen LogP contribution in [-0.2, 0) is 6.42 Å². The first-order valence-corrected chi connectivity index (χ1v) is 8.31. The minimum Gasteiger partial charge on any atom is -0.459 e. The Morgan fingerprint density at radius 1 is 1.27 bits per heavy atom. The van der Waals surface area contributed by atoms with Gasteiger partial charge in [-0.1, -0.05) is 16.8 Å². The highest BCUT2D eigenvalue weighted by molar-refractivity contribution is 5.91. The highest BCUT2D eigenvalue weighted by atomic mass is 16.5. The van der Waals surface area contributed by atoms with Gasteiger partial charge in [0.05, 0.1) is 6.26 Å². The monoisotopic (exact) mass is 350 g/mol. The van der Waals surface area contributed by atoms with Crippen LogP contribution in [0.25, 0.3) is 22.5 Å². The number of carbonyl (C=O) groups is 1. The molecule has 132 valence electrons. The van der Waals surface area contributed by atoms with Gasteiger partial charge in [-0.2, -0.15) is 4.98 Å². The van der Waals surface area contributed by atoms with E-state index in [2.05, 4.69) is 28.1 Å². The lowest BCUT2D eigenvalue weighted by Crippen LogP contribution is -2.28. The van der Waals surface area contributed by atoms with Crippen LogP contribution in [0.2, 0.25) is 0 Å². The number of benzene rings is 1. The molecule has 0 atom stereocenters. The number of carbonyl (C=O) groups excluding carboxylic acids is 1. The fourth-order valence-electron chi connectivity index (χ4n) is 2.79. The number of nitrogens with one attached hydrogen (secondary N) is 1. The first-order chi connectivity index (χ1) is 12.6. The molecule has 1 N–H and O–H groups in total. The molecule has 3 heterocycles. The normalized spacial score (nSPS) is 11.2. The van der Waals surface area contributed by atoms with E-state index in [0.717, 1.165) is 16.6 Å². The topological polar surface area (TPSA) is 88.2 Å². The zero-order valence-corrected chi connectivity index (χ0v) is 14.5. The van der Waals surface area contributed by atoms with Crippen LogP contribution in [0.15, 0.2) is 51.6 Å². The molecule has 4 aromatic rings. The molecule has 26 heavy (non-hydrogen) atoms. The number of furan rings is 1. The van der Waals surface area contributed by atoms with Crippen LogP contribution in [-0.4, -0.2) is 39.5 Å². The van der Waals surface area contributed by atoms with E-state index in [4.69, 9.17) is 8.94 Å². The van der Waals surface area contributed by atoms with Gasteiger partial charge < -0.3 is 18.8 Å².